The monoisotopic (exact) mass is 210 g/mol. The molecule has 1 N–H and O–H groups in total. The van der Waals surface area contributed by atoms with E-state index in [1.165, 1.54) is 7.11 Å². The minimum absolute atomic E-state index is 0.540. The number of carbonyl (C=O) groups excluding carboxylic acids is 1. The van der Waals surface area contributed by atoms with Gasteiger partial charge in [-0.3, -0.25) is 0 Å². The number of aryl methyl sites for hydroxylation is 1. The van der Waals surface area contributed by atoms with E-state index in [2.05, 4.69) is 4.74 Å². The van der Waals surface area contributed by atoms with Crippen molar-refractivity contribution < 1.29 is 19.1 Å². The normalized spacial score (nSPS) is 19.7. The number of esters is 1. The zero-order chi connectivity index (χ0) is 11.1. The van der Waals surface area contributed by atoms with Crippen molar-refractivity contribution in [1.29, 1.82) is 0 Å². The molecule has 0 bridgehead atoms. The lowest BCUT2D eigenvalue weighted by atomic mass is 9.96. The van der Waals surface area contributed by atoms with Crippen molar-refractivity contribution in [1.82, 2.24) is 0 Å². The van der Waals surface area contributed by atoms with Crippen LogP contribution in [0.1, 0.15) is 24.4 Å². The Kier molecular flexibility index (Phi) is 2.31. The summed E-state index contributed by atoms with van der Waals surface area (Å²) in [6, 6.07) is 3.65. The van der Waals surface area contributed by atoms with Gasteiger partial charge in [-0.2, -0.15) is 0 Å². The van der Waals surface area contributed by atoms with Gasteiger partial charge in [-0.15, -0.1) is 0 Å². The number of ether oxygens (including phenoxy) is 1. The average molecular weight is 210 g/mol. The largest absolute Gasteiger partial charge is 0.467 e. The van der Waals surface area contributed by atoms with Crippen LogP contribution in [0.25, 0.3) is 0 Å². The highest BCUT2D eigenvalue weighted by Crippen LogP contribution is 2.51. The quantitative estimate of drug-likeness (QED) is 0.760. The maximum Gasteiger partial charge on any atom is 0.335 e. The number of aliphatic hydroxyl groups is 1. The summed E-state index contributed by atoms with van der Waals surface area (Å²) in [6.07, 6.45) is 0.403. The number of hydrogen-bond donors (Lipinski definition) is 1. The molecule has 82 valence electrons. The van der Waals surface area contributed by atoms with E-state index in [0.29, 0.717) is 5.76 Å². The fourth-order valence-corrected chi connectivity index (χ4v) is 1.83. The van der Waals surface area contributed by atoms with Crippen molar-refractivity contribution in [3.05, 3.63) is 23.7 Å². The van der Waals surface area contributed by atoms with Crippen LogP contribution in [0.3, 0.4) is 0 Å². The van der Waals surface area contributed by atoms with Gasteiger partial charge in [0.05, 0.1) is 12.5 Å². The molecule has 2 rings (SSSR count). The molecule has 1 aliphatic rings. The van der Waals surface area contributed by atoms with E-state index < -0.39 is 17.5 Å². The lowest BCUT2D eigenvalue weighted by Gasteiger charge is -2.17. The predicted molar refractivity (Wildman–Crippen MR) is 52.4 cm³/mol. The molecule has 0 spiro atoms. The second kappa shape index (κ2) is 3.38. The Balaban J connectivity index is 2.24. The number of methoxy groups -OCH3 is 1. The van der Waals surface area contributed by atoms with Gasteiger partial charge in [-0.05, 0) is 31.9 Å². The predicted octanol–water partition coefficient (Wildman–Crippen LogP) is 1.15. The third-order valence-corrected chi connectivity index (χ3v) is 2.97. The number of furan rings is 1. The Morgan fingerprint density at radius 3 is 2.67 bits per heavy atom. The maximum absolute atomic E-state index is 11.3. The summed E-state index contributed by atoms with van der Waals surface area (Å²) < 4.78 is 9.99. The molecule has 1 fully saturated rings. The smallest absolute Gasteiger partial charge is 0.335 e. The van der Waals surface area contributed by atoms with Crippen molar-refractivity contribution in [3.8, 4) is 0 Å². The van der Waals surface area contributed by atoms with Crippen LogP contribution in [-0.4, -0.2) is 24.3 Å². The summed E-state index contributed by atoms with van der Waals surface area (Å²) in [5.41, 5.74) is -0.540. The zero-order valence-corrected chi connectivity index (χ0v) is 8.82. The third-order valence-electron chi connectivity index (χ3n) is 2.97. The van der Waals surface area contributed by atoms with E-state index in [1.807, 2.05) is 19.1 Å². The standard InChI is InChI=1S/C11H14O4/c1-7-3-4-8(15-7)11(5-6-11)9(12)10(13)14-2/h3-4,9,12H,5-6H2,1-2H3. The van der Waals surface area contributed by atoms with Gasteiger partial charge in [0.25, 0.3) is 0 Å². The first-order valence-corrected chi connectivity index (χ1v) is 4.93. The van der Waals surface area contributed by atoms with E-state index in [9.17, 15) is 9.90 Å². The summed E-state index contributed by atoms with van der Waals surface area (Å²) in [6.45, 7) is 1.84. The van der Waals surface area contributed by atoms with Crippen LogP contribution in [0.4, 0.5) is 0 Å². The molecule has 0 amide bonds. The van der Waals surface area contributed by atoms with Crippen molar-refractivity contribution >= 4 is 5.97 Å². The molecule has 4 nitrogen and oxygen atoms in total. The topological polar surface area (TPSA) is 59.7 Å². The van der Waals surface area contributed by atoms with E-state index in [-0.39, 0.29) is 0 Å². The van der Waals surface area contributed by atoms with Gasteiger partial charge >= 0.3 is 5.97 Å². The molecule has 1 saturated carbocycles. The maximum atomic E-state index is 11.3. The number of hydrogen-bond acceptors (Lipinski definition) is 4. The molecule has 0 aromatic carbocycles. The lowest BCUT2D eigenvalue weighted by Crippen LogP contribution is -2.34. The fraction of sp³-hybridized carbons (Fsp3) is 0.545. The van der Waals surface area contributed by atoms with Gasteiger partial charge in [0.15, 0.2) is 6.10 Å². The fourth-order valence-electron chi connectivity index (χ4n) is 1.83. The SMILES string of the molecule is COC(=O)C(O)C1(c2ccc(C)o2)CC1. The number of carbonyl (C=O) groups is 1. The van der Waals surface area contributed by atoms with Gasteiger partial charge in [0, 0.05) is 0 Å². The number of rotatable bonds is 3. The molecular weight excluding hydrogens is 196 g/mol. The van der Waals surface area contributed by atoms with E-state index >= 15 is 0 Å². The van der Waals surface area contributed by atoms with E-state index in [0.717, 1.165) is 18.6 Å². The molecule has 1 atom stereocenters. The van der Waals surface area contributed by atoms with Crippen molar-refractivity contribution in [2.75, 3.05) is 7.11 Å². The molecule has 1 aliphatic carbocycles. The molecule has 1 unspecified atom stereocenters. The van der Waals surface area contributed by atoms with Crippen LogP contribution in [-0.2, 0) is 14.9 Å². The lowest BCUT2D eigenvalue weighted by molar-refractivity contribution is -0.152. The Morgan fingerprint density at radius 1 is 1.60 bits per heavy atom. The molecule has 4 heteroatoms. The zero-order valence-electron chi connectivity index (χ0n) is 8.82. The molecule has 1 aromatic heterocycles. The first kappa shape index (κ1) is 10.2. The van der Waals surface area contributed by atoms with Crippen molar-refractivity contribution in [2.24, 2.45) is 0 Å². The Bertz CT molecular complexity index is 376. The molecule has 1 aromatic rings. The Morgan fingerprint density at radius 2 is 2.27 bits per heavy atom. The average Bonchev–Trinajstić information content (AvgIpc) is 2.94. The van der Waals surface area contributed by atoms with Crippen LogP contribution in [0.15, 0.2) is 16.5 Å². The summed E-state index contributed by atoms with van der Waals surface area (Å²) >= 11 is 0. The van der Waals surface area contributed by atoms with Crippen molar-refractivity contribution in [3.63, 3.8) is 0 Å². The van der Waals surface area contributed by atoms with Crippen LogP contribution >= 0.6 is 0 Å². The Hall–Kier alpha value is -1.29. The third kappa shape index (κ3) is 1.55. The molecule has 1 heterocycles. The molecule has 0 saturated heterocycles. The second-order valence-electron chi connectivity index (χ2n) is 3.99. The highest BCUT2D eigenvalue weighted by Gasteiger charge is 2.56. The van der Waals surface area contributed by atoms with Crippen LogP contribution in [0.2, 0.25) is 0 Å². The molecule has 15 heavy (non-hydrogen) atoms. The summed E-state index contributed by atoms with van der Waals surface area (Å²) in [4.78, 5) is 11.3. The summed E-state index contributed by atoms with van der Waals surface area (Å²) in [7, 11) is 1.27. The van der Waals surface area contributed by atoms with Gasteiger partial charge in [0.1, 0.15) is 11.5 Å². The van der Waals surface area contributed by atoms with Crippen LogP contribution < -0.4 is 0 Å². The highest BCUT2D eigenvalue weighted by molar-refractivity contribution is 5.77. The van der Waals surface area contributed by atoms with Gasteiger partial charge in [-0.1, -0.05) is 0 Å². The van der Waals surface area contributed by atoms with E-state index in [4.69, 9.17) is 4.42 Å². The highest BCUT2D eigenvalue weighted by atomic mass is 16.5. The van der Waals surface area contributed by atoms with Gasteiger partial charge in [0.2, 0.25) is 0 Å². The first-order valence-electron chi connectivity index (χ1n) is 4.93. The van der Waals surface area contributed by atoms with Crippen molar-refractivity contribution in [2.45, 2.75) is 31.3 Å². The number of aliphatic hydroxyl groups excluding tert-OH is 1. The van der Waals surface area contributed by atoms with Gasteiger partial charge < -0.3 is 14.3 Å². The molecule has 0 radical (unpaired) electrons. The molecular formula is C11H14O4. The second-order valence-corrected chi connectivity index (χ2v) is 3.99. The summed E-state index contributed by atoms with van der Waals surface area (Å²) in [5, 5.41) is 9.84. The minimum Gasteiger partial charge on any atom is -0.467 e. The van der Waals surface area contributed by atoms with Crippen LogP contribution in [0, 0.1) is 6.92 Å². The first-order chi connectivity index (χ1) is 7.10. The Labute approximate surface area is 87.8 Å². The van der Waals surface area contributed by atoms with E-state index in [1.54, 1.807) is 0 Å². The minimum atomic E-state index is -1.12. The molecule has 0 aliphatic heterocycles. The summed E-state index contributed by atoms with van der Waals surface area (Å²) in [5.74, 6) is 0.868. The van der Waals surface area contributed by atoms with Crippen LogP contribution in [0.5, 0.6) is 0 Å². The van der Waals surface area contributed by atoms with Gasteiger partial charge in [-0.25, -0.2) is 4.79 Å².